The fraction of sp³-hybridized carbons (Fsp3) is 0.500. The van der Waals surface area contributed by atoms with E-state index in [0.717, 1.165) is 31.2 Å². The molecule has 2 rings (SSSR count). The van der Waals surface area contributed by atoms with E-state index in [-0.39, 0.29) is 0 Å². The lowest BCUT2D eigenvalue weighted by molar-refractivity contribution is 0.459. The Bertz CT molecular complexity index is 485. The van der Waals surface area contributed by atoms with Crippen LogP contribution in [0.5, 0.6) is 0 Å². The zero-order valence-electron chi connectivity index (χ0n) is 11.3. The first-order chi connectivity index (χ1) is 8.66. The number of furan rings is 1. The van der Waals surface area contributed by atoms with Crippen molar-refractivity contribution in [2.75, 3.05) is 6.54 Å². The second-order valence-corrected chi connectivity index (χ2v) is 5.00. The molecule has 2 heterocycles. The molecule has 0 fully saturated rings. The van der Waals surface area contributed by atoms with Crippen molar-refractivity contribution in [2.24, 2.45) is 5.92 Å². The first kappa shape index (κ1) is 12.9. The maximum absolute atomic E-state index is 5.54. The Morgan fingerprint density at radius 2 is 2.28 bits per heavy atom. The van der Waals surface area contributed by atoms with Gasteiger partial charge in [0.15, 0.2) is 0 Å². The molecule has 4 nitrogen and oxygen atoms in total. The van der Waals surface area contributed by atoms with Crippen LogP contribution < -0.4 is 5.32 Å². The summed E-state index contributed by atoms with van der Waals surface area (Å²) in [7, 11) is 0. The Balaban J connectivity index is 1.97. The van der Waals surface area contributed by atoms with E-state index in [1.807, 2.05) is 25.4 Å². The molecule has 0 atom stereocenters. The predicted octanol–water partition coefficient (Wildman–Crippen LogP) is 2.58. The lowest BCUT2D eigenvalue weighted by Gasteiger charge is -2.08. The molecule has 0 aliphatic carbocycles. The average Bonchev–Trinajstić information content (AvgIpc) is 2.90. The SMILES string of the molecule is Cc1nccn1Cc1ccoc1CNCC(C)C. The van der Waals surface area contributed by atoms with Crippen molar-refractivity contribution in [1.82, 2.24) is 14.9 Å². The number of hydrogen-bond acceptors (Lipinski definition) is 3. The molecule has 98 valence electrons. The molecule has 0 aromatic carbocycles. The Morgan fingerprint density at radius 1 is 1.44 bits per heavy atom. The largest absolute Gasteiger partial charge is 0.468 e. The number of nitrogens with one attached hydrogen (secondary N) is 1. The van der Waals surface area contributed by atoms with Crippen LogP contribution in [0.2, 0.25) is 0 Å². The van der Waals surface area contributed by atoms with Gasteiger partial charge >= 0.3 is 0 Å². The fourth-order valence-corrected chi connectivity index (χ4v) is 1.89. The molecule has 2 aromatic heterocycles. The molecule has 2 aromatic rings. The molecule has 0 amide bonds. The summed E-state index contributed by atoms with van der Waals surface area (Å²) < 4.78 is 7.66. The molecule has 0 unspecified atom stereocenters. The van der Waals surface area contributed by atoms with Gasteiger partial charge in [0, 0.05) is 18.0 Å². The molecule has 0 bridgehead atoms. The highest BCUT2D eigenvalue weighted by Crippen LogP contribution is 2.13. The highest BCUT2D eigenvalue weighted by atomic mass is 16.3. The lowest BCUT2D eigenvalue weighted by Crippen LogP contribution is -2.19. The molecule has 0 aliphatic rings. The summed E-state index contributed by atoms with van der Waals surface area (Å²) >= 11 is 0. The molecular formula is C14H21N3O. The molecule has 1 N–H and O–H groups in total. The monoisotopic (exact) mass is 247 g/mol. The molecular weight excluding hydrogens is 226 g/mol. The van der Waals surface area contributed by atoms with Crippen LogP contribution in [0.4, 0.5) is 0 Å². The zero-order valence-corrected chi connectivity index (χ0v) is 11.3. The number of aryl methyl sites for hydroxylation is 1. The normalized spacial score (nSPS) is 11.3. The van der Waals surface area contributed by atoms with E-state index in [4.69, 9.17) is 4.42 Å². The quantitative estimate of drug-likeness (QED) is 0.853. The van der Waals surface area contributed by atoms with Crippen molar-refractivity contribution >= 4 is 0 Å². The van der Waals surface area contributed by atoms with Gasteiger partial charge in [-0.25, -0.2) is 4.98 Å². The third-order valence-corrected chi connectivity index (χ3v) is 2.94. The van der Waals surface area contributed by atoms with Gasteiger partial charge in [-0.1, -0.05) is 13.8 Å². The van der Waals surface area contributed by atoms with Crippen LogP contribution in [-0.4, -0.2) is 16.1 Å². The molecule has 0 spiro atoms. The van der Waals surface area contributed by atoms with E-state index < -0.39 is 0 Å². The van der Waals surface area contributed by atoms with Crippen LogP contribution in [0, 0.1) is 12.8 Å². The van der Waals surface area contributed by atoms with Crippen LogP contribution in [0.3, 0.4) is 0 Å². The van der Waals surface area contributed by atoms with Gasteiger partial charge in [-0.05, 0) is 25.5 Å². The summed E-state index contributed by atoms with van der Waals surface area (Å²) in [5, 5.41) is 3.40. The maximum atomic E-state index is 5.54. The highest BCUT2D eigenvalue weighted by Gasteiger charge is 2.08. The summed E-state index contributed by atoms with van der Waals surface area (Å²) in [4.78, 5) is 4.23. The van der Waals surface area contributed by atoms with Gasteiger partial charge in [-0.3, -0.25) is 0 Å². The lowest BCUT2D eigenvalue weighted by atomic mass is 10.2. The van der Waals surface area contributed by atoms with Crippen molar-refractivity contribution in [2.45, 2.75) is 33.9 Å². The first-order valence-electron chi connectivity index (χ1n) is 6.40. The number of imidazole rings is 1. The van der Waals surface area contributed by atoms with Gasteiger partial charge in [0.1, 0.15) is 11.6 Å². The molecule has 18 heavy (non-hydrogen) atoms. The first-order valence-corrected chi connectivity index (χ1v) is 6.40. The van der Waals surface area contributed by atoms with Crippen LogP contribution in [-0.2, 0) is 13.1 Å². The molecule has 0 aliphatic heterocycles. The standard InChI is InChI=1S/C14H21N3O/c1-11(2)8-15-9-14-13(4-7-18-14)10-17-6-5-16-12(17)3/h4-7,11,15H,8-10H2,1-3H3. The number of rotatable bonds is 6. The summed E-state index contributed by atoms with van der Waals surface area (Å²) in [6, 6.07) is 2.03. The summed E-state index contributed by atoms with van der Waals surface area (Å²) in [6.45, 7) is 9.02. The molecule has 4 heteroatoms. The number of aromatic nitrogens is 2. The Morgan fingerprint density at radius 3 is 2.94 bits per heavy atom. The van der Waals surface area contributed by atoms with Gasteiger partial charge in [0.25, 0.3) is 0 Å². The van der Waals surface area contributed by atoms with Crippen molar-refractivity contribution < 1.29 is 4.42 Å². The molecule has 0 saturated carbocycles. The van der Waals surface area contributed by atoms with Crippen molar-refractivity contribution in [1.29, 1.82) is 0 Å². The van der Waals surface area contributed by atoms with E-state index in [1.54, 1.807) is 6.26 Å². The van der Waals surface area contributed by atoms with Crippen molar-refractivity contribution in [3.8, 4) is 0 Å². The van der Waals surface area contributed by atoms with Crippen LogP contribution in [0.25, 0.3) is 0 Å². The van der Waals surface area contributed by atoms with E-state index in [1.165, 1.54) is 5.56 Å². The van der Waals surface area contributed by atoms with Crippen LogP contribution in [0.1, 0.15) is 31.0 Å². The highest BCUT2D eigenvalue weighted by molar-refractivity contribution is 5.18. The molecule has 0 radical (unpaired) electrons. The maximum Gasteiger partial charge on any atom is 0.122 e. The van der Waals surface area contributed by atoms with Gasteiger partial charge in [-0.2, -0.15) is 0 Å². The van der Waals surface area contributed by atoms with Crippen molar-refractivity contribution in [3.05, 3.63) is 41.9 Å². The second-order valence-electron chi connectivity index (χ2n) is 5.00. The fourth-order valence-electron chi connectivity index (χ4n) is 1.89. The third kappa shape index (κ3) is 3.23. The Labute approximate surface area is 108 Å². The van der Waals surface area contributed by atoms with E-state index in [9.17, 15) is 0 Å². The predicted molar refractivity (Wildman–Crippen MR) is 71.3 cm³/mol. The summed E-state index contributed by atoms with van der Waals surface area (Å²) in [5.41, 5.74) is 1.22. The zero-order chi connectivity index (χ0) is 13.0. The Hall–Kier alpha value is -1.55. The molecule has 0 saturated heterocycles. The minimum absolute atomic E-state index is 0.652. The topological polar surface area (TPSA) is 43.0 Å². The number of nitrogens with zero attached hydrogens (tertiary/aromatic N) is 2. The second kappa shape index (κ2) is 5.87. The minimum Gasteiger partial charge on any atom is -0.468 e. The van der Waals surface area contributed by atoms with Gasteiger partial charge in [0.2, 0.25) is 0 Å². The van der Waals surface area contributed by atoms with Crippen LogP contribution >= 0.6 is 0 Å². The van der Waals surface area contributed by atoms with Gasteiger partial charge in [0.05, 0.1) is 19.4 Å². The third-order valence-electron chi connectivity index (χ3n) is 2.94. The average molecular weight is 247 g/mol. The number of hydrogen-bond donors (Lipinski definition) is 1. The summed E-state index contributed by atoms with van der Waals surface area (Å²) in [5.74, 6) is 2.69. The van der Waals surface area contributed by atoms with Gasteiger partial charge < -0.3 is 14.3 Å². The van der Waals surface area contributed by atoms with E-state index >= 15 is 0 Å². The van der Waals surface area contributed by atoms with E-state index in [0.29, 0.717) is 5.92 Å². The minimum atomic E-state index is 0.652. The van der Waals surface area contributed by atoms with E-state index in [2.05, 4.69) is 28.7 Å². The summed E-state index contributed by atoms with van der Waals surface area (Å²) in [6.07, 6.45) is 5.58. The Kier molecular flexibility index (Phi) is 4.20. The van der Waals surface area contributed by atoms with Crippen molar-refractivity contribution in [3.63, 3.8) is 0 Å². The van der Waals surface area contributed by atoms with Crippen LogP contribution in [0.15, 0.2) is 29.1 Å². The smallest absolute Gasteiger partial charge is 0.122 e. The van der Waals surface area contributed by atoms with Gasteiger partial charge in [-0.15, -0.1) is 0 Å².